The molecule has 1 N–H and O–H groups in total. The van der Waals surface area contributed by atoms with Crippen molar-refractivity contribution in [2.75, 3.05) is 6.61 Å². The summed E-state index contributed by atoms with van der Waals surface area (Å²) >= 11 is 0. The van der Waals surface area contributed by atoms with E-state index in [1.807, 2.05) is 12.1 Å². The zero-order valence-corrected chi connectivity index (χ0v) is 16.2. The smallest absolute Gasteiger partial charge is 0.323 e. The van der Waals surface area contributed by atoms with Gasteiger partial charge >= 0.3 is 5.97 Å². The van der Waals surface area contributed by atoms with Gasteiger partial charge in [0.2, 0.25) is 0 Å². The van der Waals surface area contributed by atoms with Crippen LogP contribution in [0.1, 0.15) is 11.1 Å². The summed E-state index contributed by atoms with van der Waals surface area (Å²) in [6.45, 7) is 2.56. The fraction of sp³-hybridized carbons (Fsp3) is 0.167. The molecule has 0 aliphatic rings. The number of carboxylic acid groups (broad SMARTS) is 1. The largest absolute Gasteiger partial charge is 0.492 e. The van der Waals surface area contributed by atoms with Gasteiger partial charge in [-0.2, -0.15) is 0 Å². The summed E-state index contributed by atoms with van der Waals surface area (Å²) in [5.74, 6) is -0.210. The summed E-state index contributed by atoms with van der Waals surface area (Å²) in [6.07, 6.45) is 4.16. The van der Waals surface area contributed by atoms with Crippen molar-refractivity contribution in [3.05, 3.63) is 84.2 Å². The first kappa shape index (κ1) is 18.7. The first-order chi connectivity index (χ1) is 14.1. The van der Waals surface area contributed by atoms with Crippen LogP contribution in [0.3, 0.4) is 0 Å². The minimum absolute atomic E-state index is 0.103. The van der Waals surface area contributed by atoms with Gasteiger partial charge < -0.3 is 14.4 Å². The molecule has 5 heteroatoms. The predicted octanol–water partition coefficient (Wildman–Crippen LogP) is 4.72. The number of aryl methyl sites for hydroxylation is 1. The van der Waals surface area contributed by atoms with Crippen LogP contribution in [0.15, 0.2) is 73.1 Å². The molecule has 0 aliphatic heterocycles. The van der Waals surface area contributed by atoms with E-state index < -0.39 is 5.97 Å². The number of nitrogens with zero attached hydrogens (tertiary/aromatic N) is 2. The number of hydrogen-bond acceptors (Lipinski definition) is 3. The van der Waals surface area contributed by atoms with E-state index in [-0.39, 0.29) is 6.54 Å². The summed E-state index contributed by atoms with van der Waals surface area (Å²) < 4.78 is 7.50. The third kappa shape index (κ3) is 4.29. The van der Waals surface area contributed by atoms with Gasteiger partial charge in [0.15, 0.2) is 0 Å². The summed E-state index contributed by atoms with van der Waals surface area (Å²) in [5.41, 5.74) is 5.58. The van der Waals surface area contributed by atoms with Gasteiger partial charge in [-0.3, -0.25) is 4.79 Å². The second kappa shape index (κ2) is 8.19. The van der Waals surface area contributed by atoms with Crippen molar-refractivity contribution >= 4 is 17.0 Å². The van der Waals surface area contributed by atoms with Gasteiger partial charge in [-0.25, -0.2) is 4.98 Å². The Bertz CT molecular complexity index is 1160. The molecule has 0 unspecified atom stereocenters. The van der Waals surface area contributed by atoms with Crippen molar-refractivity contribution in [2.24, 2.45) is 0 Å². The standard InChI is InChI=1S/C24H22N2O3/c1-17-5-2-3-8-22(17)19-7-4-6-18(13-19)10-12-29-21-14-20-9-11-26(16-23(27)28)24(20)25-15-21/h2-9,11,13-15H,10,12,16H2,1H3,(H,27,28). The number of carbonyl (C=O) groups is 1. The molecule has 4 aromatic rings. The Labute approximate surface area is 169 Å². The highest BCUT2D eigenvalue weighted by atomic mass is 16.5. The van der Waals surface area contributed by atoms with Crippen LogP contribution in [-0.4, -0.2) is 27.2 Å². The fourth-order valence-corrected chi connectivity index (χ4v) is 3.49. The van der Waals surface area contributed by atoms with Gasteiger partial charge in [0.05, 0.1) is 12.8 Å². The molecule has 0 spiro atoms. The SMILES string of the molecule is Cc1ccccc1-c1cccc(CCOc2cnc3c(ccn3CC(=O)O)c2)c1. The van der Waals surface area contributed by atoms with E-state index in [0.717, 1.165) is 11.8 Å². The average molecular weight is 386 g/mol. The molecule has 0 bridgehead atoms. The molecular formula is C24H22N2O3. The van der Waals surface area contributed by atoms with Crippen molar-refractivity contribution in [1.29, 1.82) is 0 Å². The molecule has 2 aromatic heterocycles. The van der Waals surface area contributed by atoms with E-state index in [4.69, 9.17) is 9.84 Å². The molecule has 0 saturated heterocycles. The number of ether oxygens (including phenoxy) is 1. The molecule has 29 heavy (non-hydrogen) atoms. The topological polar surface area (TPSA) is 64.4 Å². The maximum Gasteiger partial charge on any atom is 0.323 e. The Hall–Kier alpha value is -3.60. The molecule has 0 radical (unpaired) electrons. The highest BCUT2D eigenvalue weighted by molar-refractivity contribution is 5.79. The van der Waals surface area contributed by atoms with Gasteiger partial charge in [0, 0.05) is 18.0 Å². The maximum absolute atomic E-state index is 10.9. The number of hydrogen-bond donors (Lipinski definition) is 1. The van der Waals surface area contributed by atoms with E-state index >= 15 is 0 Å². The second-order valence-electron chi connectivity index (χ2n) is 7.03. The zero-order valence-electron chi connectivity index (χ0n) is 16.2. The van der Waals surface area contributed by atoms with Crippen molar-refractivity contribution in [2.45, 2.75) is 19.9 Å². The lowest BCUT2D eigenvalue weighted by molar-refractivity contribution is -0.137. The van der Waals surface area contributed by atoms with Crippen LogP contribution in [0.2, 0.25) is 0 Å². The van der Waals surface area contributed by atoms with Crippen LogP contribution in [0.25, 0.3) is 22.2 Å². The normalized spacial score (nSPS) is 10.9. The lowest BCUT2D eigenvalue weighted by Crippen LogP contribution is -2.08. The maximum atomic E-state index is 10.9. The van der Waals surface area contributed by atoms with E-state index in [1.54, 1.807) is 17.0 Å². The van der Waals surface area contributed by atoms with E-state index in [1.165, 1.54) is 22.3 Å². The Morgan fingerprint density at radius 1 is 1.10 bits per heavy atom. The van der Waals surface area contributed by atoms with Crippen LogP contribution >= 0.6 is 0 Å². The highest BCUT2D eigenvalue weighted by Gasteiger charge is 2.08. The summed E-state index contributed by atoms with van der Waals surface area (Å²) in [5, 5.41) is 9.82. The summed E-state index contributed by atoms with van der Waals surface area (Å²) in [6, 6.07) is 20.6. The molecule has 2 aromatic carbocycles. The molecule has 0 fully saturated rings. The number of pyridine rings is 1. The lowest BCUT2D eigenvalue weighted by atomic mass is 9.98. The van der Waals surface area contributed by atoms with E-state index in [9.17, 15) is 4.79 Å². The first-order valence-corrected chi connectivity index (χ1v) is 9.54. The van der Waals surface area contributed by atoms with Gasteiger partial charge in [0.1, 0.15) is 17.9 Å². The average Bonchev–Trinajstić information content (AvgIpc) is 3.10. The number of benzene rings is 2. The Morgan fingerprint density at radius 2 is 1.97 bits per heavy atom. The number of rotatable bonds is 7. The number of fused-ring (bicyclic) bond motifs is 1. The third-order valence-electron chi connectivity index (χ3n) is 4.92. The van der Waals surface area contributed by atoms with Crippen molar-refractivity contribution in [3.63, 3.8) is 0 Å². The molecule has 0 atom stereocenters. The van der Waals surface area contributed by atoms with Crippen LogP contribution in [0.4, 0.5) is 0 Å². The summed E-state index contributed by atoms with van der Waals surface area (Å²) in [4.78, 5) is 15.3. The number of aliphatic carboxylic acids is 1. The van der Waals surface area contributed by atoms with Gasteiger partial charge in [0.25, 0.3) is 0 Å². The van der Waals surface area contributed by atoms with E-state index in [2.05, 4.69) is 60.4 Å². The van der Waals surface area contributed by atoms with Gasteiger partial charge in [-0.15, -0.1) is 0 Å². The Kier molecular flexibility index (Phi) is 5.29. The molecule has 2 heterocycles. The monoisotopic (exact) mass is 386 g/mol. The Morgan fingerprint density at radius 3 is 2.79 bits per heavy atom. The second-order valence-corrected chi connectivity index (χ2v) is 7.03. The molecule has 146 valence electrons. The third-order valence-corrected chi connectivity index (χ3v) is 4.92. The van der Waals surface area contributed by atoms with Gasteiger partial charge in [-0.1, -0.05) is 48.5 Å². The van der Waals surface area contributed by atoms with Gasteiger partial charge in [-0.05, 0) is 41.3 Å². The van der Waals surface area contributed by atoms with Crippen LogP contribution in [-0.2, 0) is 17.8 Å². The van der Waals surface area contributed by atoms with Crippen LogP contribution < -0.4 is 4.74 Å². The summed E-state index contributed by atoms with van der Waals surface area (Å²) in [7, 11) is 0. The number of aromatic nitrogens is 2. The predicted molar refractivity (Wildman–Crippen MR) is 113 cm³/mol. The molecule has 5 nitrogen and oxygen atoms in total. The Balaban J connectivity index is 1.42. The number of carboxylic acids is 1. The van der Waals surface area contributed by atoms with E-state index in [0.29, 0.717) is 18.0 Å². The highest BCUT2D eigenvalue weighted by Crippen LogP contribution is 2.24. The van der Waals surface area contributed by atoms with Crippen LogP contribution in [0.5, 0.6) is 5.75 Å². The molecule has 0 amide bonds. The van der Waals surface area contributed by atoms with Crippen LogP contribution in [0, 0.1) is 6.92 Å². The molecule has 0 aliphatic carbocycles. The van der Waals surface area contributed by atoms with Crippen molar-refractivity contribution < 1.29 is 14.6 Å². The molecule has 4 rings (SSSR count). The quantitative estimate of drug-likeness (QED) is 0.499. The first-order valence-electron chi connectivity index (χ1n) is 9.54. The zero-order chi connectivity index (χ0) is 20.2. The molecular weight excluding hydrogens is 364 g/mol. The minimum Gasteiger partial charge on any atom is -0.492 e. The minimum atomic E-state index is -0.891. The fourth-order valence-electron chi connectivity index (χ4n) is 3.49. The van der Waals surface area contributed by atoms with Crippen molar-refractivity contribution in [1.82, 2.24) is 9.55 Å². The van der Waals surface area contributed by atoms with Crippen molar-refractivity contribution in [3.8, 4) is 16.9 Å². The lowest BCUT2D eigenvalue weighted by Gasteiger charge is -2.09. The molecule has 0 saturated carbocycles.